The lowest BCUT2D eigenvalue weighted by molar-refractivity contribution is 0.360. The average molecular weight is 311 g/mol. The van der Waals surface area contributed by atoms with E-state index in [9.17, 15) is 0 Å². The predicted octanol–water partition coefficient (Wildman–Crippen LogP) is 3.52. The van der Waals surface area contributed by atoms with Gasteiger partial charge in [0, 0.05) is 32.4 Å². The van der Waals surface area contributed by atoms with E-state index in [2.05, 4.69) is 77.7 Å². The Morgan fingerprint density at radius 1 is 1.04 bits per heavy atom. The molecular formula is C20H29N3. The second-order valence-corrected chi connectivity index (χ2v) is 5.98. The minimum absolute atomic E-state index is 1.11. The largest absolute Gasteiger partial charge is 0.394 e. The molecule has 23 heavy (non-hydrogen) atoms. The molecule has 2 rings (SSSR count). The van der Waals surface area contributed by atoms with Crippen LogP contribution in [0.1, 0.15) is 18.9 Å². The van der Waals surface area contributed by atoms with Gasteiger partial charge >= 0.3 is 0 Å². The highest BCUT2D eigenvalue weighted by molar-refractivity contribution is 5.58. The Bertz CT molecular complexity index is 555. The van der Waals surface area contributed by atoms with Crippen molar-refractivity contribution in [3.63, 3.8) is 0 Å². The molecule has 1 heterocycles. The summed E-state index contributed by atoms with van der Waals surface area (Å²) in [6, 6.07) is 8.89. The van der Waals surface area contributed by atoms with Gasteiger partial charge in [-0.3, -0.25) is 0 Å². The highest BCUT2D eigenvalue weighted by atomic mass is 15.2. The zero-order chi connectivity index (χ0) is 16.5. The highest BCUT2D eigenvalue weighted by Crippen LogP contribution is 2.18. The Labute approximate surface area is 141 Å². The summed E-state index contributed by atoms with van der Waals surface area (Å²) in [6.07, 6.45) is 11.7. The Balaban J connectivity index is 2.00. The third kappa shape index (κ3) is 5.61. The van der Waals surface area contributed by atoms with Crippen molar-refractivity contribution in [1.29, 1.82) is 0 Å². The first-order valence-electron chi connectivity index (χ1n) is 8.44. The van der Waals surface area contributed by atoms with Gasteiger partial charge in [0.1, 0.15) is 0 Å². The van der Waals surface area contributed by atoms with E-state index >= 15 is 0 Å². The van der Waals surface area contributed by atoms with E-state index in [0.29, 0.717) is 0 Å². The lowest BCUT2D eigenvalue weighted by atomic mass is 10.1. The van der Waals surface area contributed by atoms with Crippen LogP contribution < -0.4 is 10.2 Å². The smallest absolute Gasteiger partial charge is 0.0367 e. The molecule has 1 fully saturated rings. The summed E-state index contributed by atoms with van der Waals surface area (Å²) in [5.74, 6) is 0. The standard InChI is InChI=1S/C20H29N3/c1-4-18(12-13-21-2)6-7-19-8-10-20(11-9-19)23-15-5-14-22(3)16-17-23/h4,6-13,21H,5,14-17H2,1-3H3/b7-6+,13-12-,18-4-. The number of rotatable bonds is 5. The molecule has 0 unspecified atom stereocenters. The minimum atomic E-state index is 1.11. The van der Waals surface area contributed by atoms with Crippen molar-refractivity contribution < 1.29 is 0 Å². The number of benzene rings is 1. The Hall–Kier alpha value is -2.00. The van der Waals surface area contributed by atoms with Crippen LogP contribution in [0.4, 0.5) is 5.69 Å². The molecule has 1 aliphatic rings. The number of likely N-dealkylation sites (N-methyl/N-ethyl adjacent to an activating group) is 1. The van der Waals surface area contributed by atoms with Gasteiger partial charge in [0.2, 0.25) is 0 Å². The van der Waals surface area contributed by atoms with Gasteiger partial charge in [0.15, 0.2) is 0 Å². The first kappa shape index (κ1) is 17.4. The topological polar surface area (TPSA) is 18.5 Å². The zero-order valence-corrected chi connectivity index (χ0v) is 14.6. The van der Waals surface area contributed by atoms with E-state index in [-0.39, 0.29) is 0 Å². The van der Waals surface area contributed by atoms with Gasteiger partial charge in [-0.1, -0.05) is 30.4 Å². The van der Waals surface area contributed by atoms with Crippen molar-refractivity contribution in [2.75, 3.05) is 45.2 Å². The summed E-state index contributed by atoms with van der Waals surface area (Å²) < 4.78 is 0. The summed E-state index contributed by atoms with van der Waals surface area (Å²) in [4.78, 5) is 4.90. The normalized spacial score (nSPS) is 17.9. The van der Waals surface area contributed by atoms with Crippen molar-refractivity contribution >= 4 is 11.8 Å². The van der Waals surface area contributed by atoms with Gasteiger partial charge in [-0.25, -0.2) is 0 Å². The van der Waals surface area contributed by atoms with Crippen LogP contribution in [-0.4, -0.2) is 45.2 Å². The van der Waals surface area contributed by atoms with Crippen molar-refractivity contribution in [2.24, 2.45) is 0 Å². The van der Waals surface area contributed by atoms with Gasteiger partial charge < -0.3 is 15.1 Å². The van der Waals surface area contributed by atoms with Crippen molar-refractivity contribution in [2.45, 2.75) is 13.3 Å². The average Bonchev–Trinajstić information content (AvgIpc) is 2.80. The quantitative estimate of drug-likeness (QED) is 0.839. The highest BCUT2D eigenvalue weighted by Gasteiger charge is 2.12. The SMILES string of the molecule is C/C=C(\C=C/NC)/C=C/c1ccc(N2CCCN(C)CC2)cc1. The first-order chi connectivity index (χ1) is 11.2. The van der Waals surface area contributed by atoms with E-state index in [4.69, 9.17) is 0 Å². The summed E-state index contributed by atoms with van der Waals surface area (Å²) >= 11 is 0. The molecule has 124 valence electrons. The van der Waals surface area contributed by atoms with E-state index in [0.717, 1.165) is 19.6 Å². The molecule has 0 aliphatic carbocycles. The minimum Gasteiger partial charge on any atom is -0.394 e. The molecular weight excluding hydrogens is 282 g/mol. The Morgan fingerprint density at radius 2 is 1.83 bits per heavy atom. The summed E-state index contributed by atoms with van der Waals surface area (Å²) in [7, 11) is 4.12. The Morgan fingerprint density at radius 3 is 2.52 bits per heavy atom. The third-order valence-corrected chi connectivity index (χ3v) is 4.22. The van der Waals surface area contributed by atoms with Crippen LogP contribution in [0, 0.1) is 0 Å². The second-order valence-electron chi connectivity index (χ2n) is 5.98. The molecule has 0 amide bonds. The van der Waals surface area contributed by atoms with Crippen LogP contribution in [0.15, 0.2) is 54.3 Å². The third-order valence-electron chi connectivity index (χ3n) is 4.22. The van der Waals surface area contributed by atoms with Crippen molar-refractivity contribution in [1.82, 2.24) is 10.2 Å². The van der Waals surface area contributed by atoms with E-state index in [1.54, 1.807) is 0 Å². The molecule has 1 aliphatic heterocycles. The van der Waals surface area contributed by atoms with Crippen LogP contribution in [0.2, 0.25) is 0 Å². The fourth-order valence-electron chi connectivity index (χ4n) is 2.72. The number of allylic oxidation sites excluding steroid dienone is 4. The number of anilines is 1. The first-order valence-corrected chi connectivity index (χ1v) is 8.44. The fraction of sp³-hybridized carbons (Fsp3) is 0.400. The van der Waals surface area contributed by atoms with Crippen LogP contribution in [-0.2, 0) is 0 Å². The molecule has 3 nitrogen and oxygen atoms in total. The fourth-order valence-corrected chi connectivity index (χ4v) is 2.72. The maximum Gasteiger partial charge on any atom is 0.0367 e. The molecule has 0 radical (unpaired) electrons. The number of hydrogen-bond acceptors (Lipinski definition) is 3. The maximum absolute atomic E-state index is 3.02. The van der Waals surface area contributed by atoms with E-state index in [1.165, 1.54) is 29.8 Å². The number of nitrogens with one attached hydrogen (secondary N) is 1. The molecule has 1 aromatic rings. The van der Waals surface area contributed by atoms with Gasteiger partial charge in [0.25, 0.3) is 0 Å². The molecule has 0 aromatic heterocycles. The number of hydrogen-bond donors (Lipinski definition) is 1. The van der Waals surface area contributed by atoms with Crippen LogP contribution >= 0.6 is 0 Å². The van der Waals surface area contributed by atoms with Crippen LogP contribution in [0.3, 0.4) is 0 Å². The Kier molecular flexibility index (Phi) is 6.95. The molecule has 0 bridgehead atoms. The number of nitrogens with zero attached hydrogens (tertiary/aromatic N) is 2. The van der Waals surface area contributed by atoms with Gasteiger partial charge in [-0.15, -0.1) is 0 Å². The molecule has 0 spiro atoms. The van der Waals surface area contributed by atoms with Crippen LogP contribution in [0.25, 0.3) is 6.08 Å². The van der Waals surface area contributed by atoms with E-state index < -0.39 is 0 Å². The van der Waals surface area contributed by atoms with Crippen LogP contribution in [0.5, 0.6) is 0 Å². The van der Waals surface area contributed by atoms with E-state index in [1.807, 2.05) is 13.2 Å². The zero-order valence-electron chi connectivity index (χ0n) is 14.6. The lowest BCUT2D eigenvalue weighted by Crippen LogP contribution is -2.28. The second kappa shape index (κ2) is 9.21. The van der Waals surface area contributed by atoms with Gasteiger partial charge in [-0.2, -0.15) is 0 Å². The maximum atomic E-state index is 3.02. The summed E-state index contributed by atoms with van der Waals surface area (Å²) in [5, 5.41) is 3.02. The molecule has 1 saturated heterocycles. The van der Waals surface area contributed by atoms with Crippen molar-refractivity contribution in [3.05, 3.63) is 59.8 Å². The molecule has 1 N–H and O–H groups in total. The van der Waals surface area contributed by atoms with Gasteiger partial charge in [0.05, 0.1) is 0 Å². The molecule has 1 aromatic carbocycles. The lowest BCUT2D eigenvalue weighted by Gasteiger charge is -2.22. The monoisotopic (exact) mass is 311 g/mol. The molecule has 0 atom stereocenters. The van der Waals surface area contributed by atoms with Crippen molar-refractivity contribution in [3.8, 4) is 0 Å². The predicted molar refractivity (Wildman–Crippen MR) is 102 cm³/mol. The molecule has 0 saturated carbocycles. The van der Waals surface area contributed by atoms with Gasteiger partial charge in [-0.05, 0) is 62.5 Å². The molecule has 3 heteroatoms. The summed E-state index contributed by atoms with van der Waals surface area (Å²) in [6.45, 7) is 6.66. The summed E-state index contributed by atoms with van der Waals surface area (Å²) in [5.41, 5.74) is 3.76.